The Hall–Kier alpha value is -1.84. The molecule has 0 saturated heterocycles. The van der Waals surface area contributed by atoms with Gasteiger partial charge in [-0.25, -0.2) is 9.67 Å². The molecule has 0 aliphatic heterocycles. The van der Waals surface area contributed by atoms with E-state index < -0.39 is 0 Å². The molecule has 14 heavy (non-hydrogen) atoms. The minimum Gasteiger partial charge on any atom is -0.384 e. The first-order valence-corrected chi connectivity index (χ1v) is 4.60. The lowest BCUT2D eigenvalue weighted by molar-refractivity contribution is 0.847. The summed E-state index contributed by atoms with van der Waals surface area (Å²) in [6, 6.07) is 5.80. The average molecular weight is 188 g/mol. The maximum Gasteiger partial charge on any atom is 0.153 e. The Labute approximate surface area is 82.6 Å². The normalized spacial score (nSPS) is 10.1. The maximum absolute atomic E-state index is 4.28. The maximum atomic E-state index is 4.28. The lowest BCUT2D eigenvalue weighted by Crippen LogP contribution is -2.00. The molecular weight excluding hydrogens is 176 g/mol. The fraction of sp³-hybridized carbons (Fsp3) is 0.200. The van der Waals surface area contributed by atoms with Gasteiger partial charge in [-0.15, -0.1) is 0 Å². The third kappa shape index (κ3) is 1.74. The Kier molecular flexibility index (Phi) is 2.44. The van der Waals surface area contributed by atoms with Crippen molar-refractivity contribution in [1.82, 2.24) is 14.8 Å². The molecular formula is C10H12N4. The van der Waals surface area contributed by atoms with Crippen molar-refractivity contribution >= 4 is 5.69 Å². The van der Waals surface area contributed by atoms with Gasteiger partial charge in [0.1, 0.15) is 0 Å². The molecule has 0 unspecified atom stereocenters. The molecule has 2 aromatic heterocycles. The highest BCUT2D eigenvalue weighted by Gasteiger charge is 1.96. The lowest BCUT2D eigenvalue weighted by atomic mass is 10.4. The molecule has 2 heterocycles. The van der Waals surface area contributed by atoms with Gasteiger partial charge in [0.15, 0.2) is 5.82 Å². The molecule has 0 radical (unpaired) electrons. The number of hydrogen-bond acceptors (Lipinski definition) is 3. The first kappa shape index (κ1) is 8.74. The Morgan fingerprint density at radius 2 is 2.36 bits per heavy atom. The number of rotatable bonds is 3. The highest BCUT2D eigenvalue weighted by molar-refractivity contribution is 5.43. The molecule has 72 valence electrons. The summed E-state index contributed by atoms with van der Waals surface area (Å²) in [5.74, 6) is 0.830. The smallest absolute Gasteiger partial charge is 0.153 e. The van der Waals surface area contributed by atoms with Gasteiger partial charge in [-0.05, 0) is 25.1 Å². The van der Waals surface area contributed by atoms with Crippen LogP contribution in [0.15, 0.2) is 36.8 Å². The molecule has 0 aromatic carbocycles. The summed E-state index contributed by atoms with van der Waals surface area (Å²) in [7, 11) is 0. The predicted molar refractivity (Wildman–Crippen MR) is 55.5 cm³/mol. The van der Waals surface area contributed by atoms with E-state index in [0.29, 0.717) is 0 Å². The Balaban J connectivity index is 2.22. The van der Waals surface area contributed by atoms with E-state index in [1.54, 1.807) is 17.1 Å². The van der Waals surface area contributed by atoms with E-state index in [1.807, 2.05) is 24.4 Å². The van der Waals surface area contributed by atoms with E-state index in [2.05, 4.69) is 22.3 Å². The molecule has 4 nitrogen and oxygen atoms in total. The van der Waals surface area contributed by atoms with Gasteiger partial charge in [0.25, 0.3) is 0 Å². The van der Waals surface area contributed by atoms with Crippen LogP contribution in [0.1, 0.15) is 6.92 Å². The molecule has 0 fully saturated rings. The van der Waals surface area contributed by atoms with Gasteiger partial charge in [-0.3, -0.25) is 0 Å². The van der Waals surface area contributed by atoms with E-state index in [9.17, 15) is 0 Å². The largest absolute Gasteiger partial charge is 0.384 e. The highest BCUT2D eigenvalue weighted by Crippen LogP contribution is 2.08. The van der Waals surface area contributed by atoms with E-state index in [1.165, 1.54) is 0 Å². The van der Waals surface area contributed by atoms with Crippen LogP contribution in [-0.4, -0.2) is 21.3 Å². The minimum atomic E-state index is 0.830. The van der Waals surface area contributed by atoms with Crippen LogP contribution in [0.2, 0.25) is 0 Å². The van der Waals surface area contributed by atoms with Crippen molar-refractivity contribution < 1.29 is 0 Å². The minimum absolute atomic E-state index is 0.830. The van der Waals surface area contributed by atoms with Crippen molar-refractivity contribution in [2.45, 2.75) is 6.92 Å². The van der Waals surface area contributed by atoms with Gasteiger partial charge in [0.2, 0.25) is 0 Å². The predicted octanol–water partition coefficient (Wildman–Crippen LogP) is 1.70. The summed E-state index contributed by atoms with van der Waals surface area (Å²) < 4.78 is 1.73. The first-order valence-electron chi connectivity index (χ1n) is 4.60. The molecule has 2 rings (SSSR count). The van der Waals surface area contributed by atoms with Crippen LogP contribution in [0.5, 0.6) is 0 Å². The van der Waals surface area contributed by atoms with Gasteiger partial charge in [-0.2, -0.15) is 5.10 Å². The number of anilines is 1. The van der Waals surface area contributed by atoms with Crippen LogP contribution in [-0.2, 0) is 0 Å². The van der Waals surface area contributed by atoms with Crippen molar-refractivity contribution in [3.63, 3.8) is 0 Å². The Morgan fingerprint density at radius 1 is 1.43 bits per heavy atom. The molecule has 0 bridgehead atoms. The summed E-state index contributed by atoms with van der Waals surface area (Å²) in [6.07, 6.45) is 5.41. The second kappa shape index (κ2) is 3.91. The fourth-order valence-corrected chi connectivity index (χ4v) is 1.23. The molecule has 1 N–H and O–H groups in total. The second-order valence-corrected chi connectivity index (χ2v) is 2.89. The van der Waals surface area contributed by atoms with Crippen LogP contribution in [0.4, 0.5) is 5.69 Å². The zero-order valence-corrected chi connectivity index (χ0v) is 8.01. The fourth-order valence-electron chi connectivity index (χ4n) is 1.23. The molecule has 0 aliphatic rings. The summed E-state index contributed by atoms with van der Waals surface area (Å²) in [6.45, 7) is 2.96. The zero-order valence-electron chi connectivity index (χ0n) is 8.01. The number of hydrogen-bond donors (Lipinski definition) is 1. The first-order chi connectivity index (χ1) is 6.90. The standard InChI is InChI=1S/C10H12N4/c1-2-11-9-4-5-10(12-8-9)14-7-3-6-13-14/h3-8,11H,2H2,1H3. The summed E-state index contributed by atoms with van der Waals surface area (Å²) in [5.41, 5.74) is 1.03. The Bertz CT molecular complexity index is 377. The molecule has 0 aliphatic carbocycles. The SMILES string of the molecule is CCNc1ccc(-n2cccn2)nc1. The topological polar surface area (TPSA) is 42.7 Å². The van der Waals surface area contributed by atoms with Crippen molar-refractivity contribution in [2.75, 3.05) is 11.9 Å². The molecule has 0 amide bonds. The third-order valence-corrected chi connectivity index (χ3v) is 1.87. The molecule has 2 aromatic rings. The van der Waals surface area contributed by atoms with Gasteiger partial charge in [0, 0.05) is 18.9 Å². The summed E-state index contributed by atoms with van der Waals surface area (Å²) >= 11 is 0. The number of aromatic nitrogens is 3. The zero-order chi connectivity index (χ0) is 9.80. The molecule has 0 spiro atoms. The molecule has 0 atom stereocenters. The number of nitrogens with zero attached hydrogens (tertiary/aromatic N) is 3. The second-order valence-electron chi connectivity index (χ2n) is 2.89. The van der Waals surface area contributed by atoms with Crippen LogP contribution in [0.25, 0.3) is 5.82 Å². The van der Waals surface area contributed by atoms with E-state index in [-0.39, 0.29) is 0 Å². The van der Waals surface area contributed by atoms with Crippen LogP contribution < -0.4 is 5.32 Å². The lowest BCUT2D eigenvalue weighted by Gasteiger charge is -2.03. The van der Waals surface area contributed by atoms with Crippen LogP contribution >= 0.6 is 0 Å². The van der Waals surface area contributed by atoms with E-state index >= 15 is 0 Å². The van der Waals surface area contributed by atoms with Crippen LogP contribution in [0.3, 0.4) is 0 Å². The molecule has 0 saturated carbocycles. The third-order valence-electron chi connectivity index (χ3n) is 1.87. The van der Waals surface area contributed by atoms with Gasteiger partial charge < -0.3 is 5.32 Å². The van der Waals surface area contributed by atoms with Gasteiger partial charge >= 0.3 is 0 Å². The van der Waals surface area contributed by atoms with Crippen molar-refractivity contribution in [3.8, 4) is 5.82 Å². The highest BCUT2D eigenvalue weighted by atomic mass is 15.3. The van der Waals surface area contributed by atoms with E-state index in [4.69, 9.17) is 0 Å². The van der Waals surface area contributed by atoms with Crippen molar-refractivity contribution in [3.05, 3.63) is 36.8 Å². The summed E-state index contributed by atoms with van der Waals surface area (Å²) in [5, 5.41) is 7.28. The van der Waals surface area contributed by atoms with Crippen molar-refractivity contribution in [1.29, 1.82) is 0 Å². The molecule has 4 heteroatoms. The number of nitrogens with one attached hydrogen (secondary N) is 1. The summed E-state index contributed by atoms with van der Waals surface area (Å²) in [4.78, 5) is 4.28. The quantitative estimate of drug-likeness (QED) is 0.797. The Morgan fingerprint density at radius 3 is 2.93 bits per heavy atom. The average Bonchev–Trinajstić information content (AvgIpc) is 2.72. The van der Waals surface area contributed by atoms with Crippen LogP contribution in [0, 0.1) is 0 Å². The van der Waals surface area contributed by atoms with E-state index in [0.717, 1.165) is 18.1 Å². The van der Waals surface area contributed by atoms with Gasteiger partial charge in [0.05, 0.1) is 11.9 Å². The monoisotopic (exact) mass is 188 g/mol. The van der Waals surface area contributed by atoms with Crippen molar-refractivity contribution in [2.24, 2.45) is 0 Å². The van der Waals surface area contributed by atoms with Gasteiger partial charge in [-0.1, -0.05) is 0 Å². The number of pyridine rings is 1.